The average molecular weight is 238 g/mol. The van der Waals surface area contributed by atoms with Gasteiger partial charge >= 0.3 is 0 Å². The van der Waals surface area contributed by atoms with E-state index < -0.39 is 11.9 Å². The molecule has 1 N–H and O–H groups in total. The molecule has 4 nitrogen and oxygen atoms in total. The molecule has 4 heteroatoms. The Hall–Kier alpha value is -0.710. The Labute approximate surface area is 101 Å². The molecule has 2 atom stereocenters. The summed E-state index contributed by atoms with van der Waals surface area (Å²) < 4.78 is 11.7. The van der Waals surface area contributed by atoms with Gasteiger partial charge in [-0.15, -0.1) is 0 Å². The highest BCUT2D eigenvalue weighted by molar-refractivity contribution is 5.92. The predicted molar refractivity (Wildman–Crippen MR) is 60.3 cm³/mol. The Balaban J connectivity index is 2.06. The van der Waals surface area contributed by atoms with Crippen LogP contribution in [-0.2, 0) is 14.3 Å². The van der Waals surface area contributed by atoms with E-state index >= 15 is 0 Å². The van der Waals surface area contributed by atoms with Gasteiger partial charge in [-0.1, -0.05) is 6.92 Å². The maximum atomic E-state index is 11.5. The van der Waals surface area contributed by atoms with Crippen LogP contribution in [-0.4, -0.2) is 36.0 Å². The normalized spacial score (nSPS) is 40.2. The van der Waals surface area contributed by atoms with Crippen molar-refractivity contribution in [2.24, 2.45) is 5.41 Å². The first kappa shape index (κ1) is 11.4. The lowest BCUT2D eigenvalue weighted by atomic mass is 9.61. The largest absolute Gasteiger partial charge is 0.389 e. The topological polar surface area (TPSA) is 55.8 Å². The zero-order valence-corrected chi connectivity index (χ0v) is 10.1. The monoisotopic (exact) mass is 238 g/mol. The Bertz CT molecular complexity index is 381. The number of ether oxygens (including phenoxy) is 2. The van der Waals surface area contributed by atoms with Gasteiger partial charge in [-0.05, 0) is 24.5 Å². The van der Waals surface area contributed by atoms with Crippen molar-refractivity contribution in [2.75, 3.05) is 13.2 Å². The zero-order valence-electron chi connectivity index (χ0n) is 10.1. The predicted octanol–water partition coefficient (Wildman–Crippen LogP) is 1.18. The lowest BCUT2D eigenvalue weighted by Crippen LogP contribution is -2.55. The van der Waals surface area contributed by atoms with Gasteiger partial charge in [0, 0.05) is 18.3 Å². The summed E-state index contributed by atoms with van der Waals surface area (Å²) in [6.45, 7) is 3.26. The van der Waals surface area contributed by atoms with Gasteiger partial charge in [-0.3, -0.25) is 4.79 Å². The molecule has 1 aliphatic heterocycles. The maximum Gasteiger partial charge on any atom is 0.177 e. The first-order valence-corrected chi connectivity index (χ1v) is 6.28. The second-order valence-corrected chi connectivity index (χ2v) is 5.40. The van der Waals surface area contributed by atoms with Gasteiger partial charge in [0.05, 0.1) is 19.3 Å². The minimum absolute atomic E-state index is 0.103. The van der Waals surface area contributed by atoms with Crippen LogP contribution in [0.4, 0.5) is 0 Å². The molecule has 2 fully saturated rings. The van der Waals surface area contributed by atoms with Crippen molar-refractivity contribution in [2.45, 2.75) is 44.5 Å². The van der Waals surface area contributed by atoms with Crippen LogP contribution in [0.3, 0.4) is 0 Å². The van der Waals surface area contributed by atoms with E-state index in [1.54, 1.807) is 6.08 Å². The number of allylic oxidation sites excluding steroid dienone is 1. The van der Waals surface area contributed by atoms with Gasteiger partial charge in [0.2, 0.25) is 0 Å². The highest BCUT2D eigenvalue weighted by Crippen LogP contribution is 2.55. The lowest BCUT2D eigenvalue weighted by Gasteiger charge is -2.52. The standard InChI is InChI=1S/C13H18O4/c1-12-4-2-9(14)8-10(12)11(15)3-5-13(12)16-6-7-17-13/h8,11,15H,2-7H2,1H3/t11-,12-/m1/s1. The number of rotatable bonds is 0. The Morgan fingerprint density at radius 2 is 2.06 bits per heavy atom. The van der Waals surface area contributed by atoms with Gasteiger partial charge in [-0.2, -0.15) is 0 Å². The summed E-state index contributed by atoms with van der Waals surface area (Å²) in [6.07, 6.45) is 3.61. The van der Waals surface area contributed by atoms with Crippen LogP contribution in [0, 0.1) is 5.41 Å². The average Bonchev–Trinajstić information content (AvgIpc) is 2.78. The molecule has 1 spiro atoms. The molecule has 2 aliphatic carbocycles. The minimum Gasteiger partial charge on any atom is -0.389 e. The first-order chi connectivity index (χ1) is 8.07. The molecule has 0 bridgehead atoms. The van der Waals surface area contributed by atoms with Crippen molar-refractivity contribution in [1.29, 1.82) is 0 Å². The molecule has 1 saturated heterocycles. The number of carbonyl (C=O) groups is 1. The number of aliphatic hydroxyl groups is 1. The molecule has 0 radical (unpaired) electrons. The molecule has 0 unspecified atom stereocenters. The fourth-order valence-corrected chi connectivity index (χ4v) is 3.47. The summed E-state index contributed by atoms with van der Waals surface area (Å²) in [5.74, 6) is -0.509. The SMILES string of the molecule is C[C@@]12CCC(=O)C=C1[C@H](O)CCC21OCCO1. The van der Waals surface area contributed by atoms with E-state index in [0.717, 1.165) is 5.57 Å². The van der Waals surface area contributed by atoms with Crippen LogP contribution in [0.25, 0.3) is 0 Å². The molecule has 0 aromatic carbocycles. The molecule has 17 heavy (non-hydrogen) atoms. The smallest absolute Gasteiger partial charge is 0.177 e. The molecular formula is C13H18O4. The number of hydrogen-bond donors (Lipinski definition) is 1. The number of carbonyl (C=O) groups excluding carboxylic acids is 1. The molecule has 3 aliphatic rings. The highest BCUT2D eigenvalue weighted by Gasteiger charge is 2.59. The molecule has 0 aromatic heterocycles. The van der Waals surface area contributed by atoms with E-state index in [9.17, 15) is 9.90 Å². The maximum absolute atomic E-state index is 11.5. The van der Waals surface area contributed by atoms with Crippen LogP contribution in [0.1, 0.15) is 32.6 Å². The summed E-state index contributed by atoms with van der Waals surface area (Å²) in [7, 11) is 0. The van der Waals surface area contributed by atoms with E-state index in [0.29, 0.717) is 38.9 Å². The van der Waals surface area contributed by atoms with Crippen molar-refractivity contribution in [3.63, 3.8) is 0 Å². The lowest BCUT2D eigenvalue weighted by molar-refractivity contribution is -0.244. The number of hydrogen-bond acceptors (Lipinski definition) is 4. The number of ketones is 1. The van der Waals surface area contributed by atoms with Gasteiger partial charge in [0.15, 0.2) is 11.6 Å². The van der Waals surface area contributed by atoms with E-state index in [4.69, 9.17) is 9.47 Å². The highest BCUT2D eigenvalue weighted by atomic mass is 16.7. The second kappa shape index (κ2) is 3.64. The van der Waals surface area contributed by atoms with Crippen molar-refractivity contribution in [3.05, 3.63) is 11.6 Å². The number of aliphatic hydroxyl groups excluding tert-OH is 1. The van der Waals surface area contributed by atoms with Crippen LogP contribution in [0.2, 0.25) is 0 Å². The molecule has 0 amide bonds. The van der Waals surface area contributed by atoms with E-state index in [1.165, 1.54) is 0 Å². The molecule has 0 aromatic rings. The van der Waals surface area contributed by atoms with Gasteiger partial charge in [0.1, 0.15) is 0 Å². The van der Waals surface area contributed by atoms with Crippen LogP contribution in [0.15, 0.2) is 11.6 Å². The molecule has 94 valence electrons. The van der Waals surface area contributed by atoms with Gasteiger partial charge < -0.3 is 14.6 Å². The minimum atomic E-state index is -0.612. The fourth-order valence-electron chi connectivity index (χ4n) is 3.47. The Morgan fingerprint density at radius 3 is 2.76 bits per heavy atom. The Morgan fingerprint density at radius 1 is 1.35 bits per heavy atom. The van der Waals surface area contributed by atoms with Gasteiger partial charge in [0.25, 0.3) is 0 Å². The second-order valence-electron chi connectivity index (χ2n) is 5.40. The van der Waals surface area contributed by atoms with E-state index in [-0.39, 0.29) is 11.2 Å². The molecule has 3 rings (SSSR count). The van der Waals surface area contributed by atoms with Gasteiger partial charge in [-0.25, -0.2) is 0 Å². The zero-order chi connectivity index (χ0) is 12.1. The molecule has 1 heterocycles. The molecule has 1 saturated carbocycles. The Kier molecular flexibility index (Phi) is 2.44. The molecular weight excluding hydrogens is 220 g/mol. The van der Waals surface area contributed by atoms with Crippen molar-refractivity contribution < 1.29 is 19.4 Å². The van der Waals surface area contributed by atoms with Crippen molar-refractivity contribution in [1.82, 2.24) is 0 Å². The van der Waals surface area contributed by atoms with Crippen molar-refractivity contribution >= 4 is 5.78 Å². The summed E-state index contributed by atoms with van der Waals surface area (Å²) >= 11 is 0. The quantitative estimate of drug-likeness (QED) is 0.688. The van der Waals surface area contributed by atoms with Crippen molar-refractivity contribution in [3.8, 4) is 0 Å². The third-order valence-corrected chi connectivity index (χ3v) is 4.53. The third-order valence-electron chi connectivity index (χ3n) is 4.53. The van der Waals surface area contributed by atoms with E-state index in [2.05, 4.69) is 6.92 Å². The van der Waals surface area contributed by atoms with Crippen LogP contribution < -0.4 is 0 Å². The van der Waals surface area contributed by atoms with E-state index in [1.807, 2.05) is 0 Å². The fraction of sp³-hybridized carbons (Fsp3) is 0.769. The van der Waals surface area contributed by atoms with Crippen LogP contribution >= 0.6 is 0 Å². The summed E-state index contributed by atoms with van der Waals surface area (Å²) in [5.41, 5.74) is 0.455. The first-order valence-electron chi connectivity index (χ1n) is 6.28. The summed E-state index contributed by atoms with van der Waals surface area (Å²) in [6, 6.07) is 0. The van der Waals surface area contributed by atoms with Crippen LogP contribution in [0.5, 0.6) is 0 Å². The summed E-state index contributed by atoms with van der Waals surface area (Å²) in [5, 5.41) is 10.1. The third kappa shape index (κ3) is 1.44. The summed E-state index contributed by atoms with van der Waals surface area (Å²) in [4.78, 5) is 11.5. The number of fused-ring (bicyclic) bond motifs is 2.